The first-order chi connectivity index (χ1) is 8.67. The lowest BCUT2D eigenvalue weighted by atomic mass is 10.1. The Hall–Kier alpha value is -1.91. The van der Waals surface area contributed by atoms with E-state index in [1.54, 1.807) is 6.20 Å². The van der Waals surface area contributed by atoms with E-state index in [0.717, 1.165) is 42.2 Å². The molecule has 0 aromatic carbocycles. The van der Waals surface area contributed by atoms with E-state index in [1.807, 2.05) is 17.7 Å². The van der Waals surface area contributed by atoms with Gasteiger partial charge in [0.2, 0.25) is 0 Å². The van der Waals surface area contributed by atoms with Crippen LogP contribution in [0.25, 0.3) is 11.4 Å². The standard InChI is InChI=1S/C13H19N5/c1-4-6-11-16-12(9(3)13(14)17-11)10-7-8-15-18(10)5-2/h7-8H,4-6H2,1-3H3,(H2,14,16,17). The fourth-order valence-corrected chi connectivity index (χ4v) is 1.95. The summed E-state index contributed by atoms with van der Waals surface area (Å²) in [5, 5.41) is 4.27. The van der Waals surface area contributed by atoms with Gasteiger partial charge in [-0.05, 0) is 26.3 Å². The zero-order chi connectivity index (χ0) is 13.1. The lowest BCUT2D eigenvalue weighted by molar-refractivity contribution is 0.664. The number of rotatable bonds is 4. The van der Waals surface area contributed by atoms with Crippen LogP contribution in [0.3, 0.4) is 0 Å². The van der Waals surface area contributed by atoms with Crippen LogP contribution < -0.4 is 5.73 Å². The third-order valence-corrected chi connectivity index (χ3v) is 2.96. The van der Waals surface area contributed by atoms with Gasteiger partial charge in [-0.1, -0.05) is 6.92 Å². The maximum absolute atomic E-state index is 5.97. The number of nitrogens with zero attached hydrogens (tertiary/aromatic N) is 4. The van der Waals surface area contributed by atoms with Gasteiger partial charge in [-0.2, -0.15) is 5.10 Å². The molecule has 0 fully saturated rings. The predicted octanol–water partition coefficient (Wildman–Crippen LogP) is 2.20. The van der Waals surface area contributed by atoms with Crippen molar-refractivity contribution in [3.05, 3.63) is 23.7 Å². The van der Waals surface area contributed by atoms with Gasteiger partial charge in [0.05, 0.1) is 11.4 Å². The summed E-state index contributed by atoms with van der Waals surface area (Å²) < 4.78 is 1.92. The SMILES string of the molecule is CCCc1nc(N)c(C)c(-c2ccnn2CC)n1. The molecule has 0 unspecified atom stereocenters. The molecule has 0 aliphatic rings. The number of anilines is 1. The molecule has 5 nitrogen and oxygen atoms in total. The highest BCUT2D eigenvalue weighted by Crippen LogP contribution is 2.24. The van der Waals surface area contributed by atoms with Crippen LogP contribution in [0, 0.1) is 6.92 Å². The smallest absolute Gasteiger partial charge is 0.131 e. The van der Waals surface area contributed by atoms with E-state index in [0.29, 0.717) is 5.82 Å². The van der Waals surface area contributed by atoms with E-state index >= 15 is 0 Å². The van der Waals surface area contributed by atoms with E-state index in [-0.39, 0.29) is 0 Å². The molecule has 2 rings (SSSR count). The summed E-state index contributed by atoms with van der Waals surface area (Å²) in [5.41, 5.74) is 8.79. The average Bonchev–Trinajstić information content (AvgIpc) is 2.82. The van der Waals surface area contributed by atoms with Gasteiger partial charge in [0.1, 0.15) is 11.6 Å². The molecule has 0 atom stereocenters. The van der Waals surface area contributed by atoms with Gasteiger partial charge in [-0.3, -0.25) is 4.68 Å². The first-order valence-electron chi connectivity index (χ1n) is 6.32. The van der Waals surface area contributed by atoms with Gasteiger partial charge in [-0.25, -0.2) is 9.97 Å². The van der Waals surface area contributed by atoms with Crippen molar-refractivity contribution in [2.24, 2.45) is 0 Å². The Morgan fingerprint density at radius 3 is 2.72 bits per heavy atom. The van der Waals surface area contributed by atoms with Crippen molar-refractivity contribution in [1.82, 2.24) is 19.7 Å². The highest BCUT2D eigenvalue weighted by molar-refractivity contribution is 5.64. The molecule has 0 bridgehead atoms. The van der Waals surface area contributed by atoms with Crippen molar-refractivity contribution in [2.75, 3.05) is 5.73 Å². The lowest BCUT2D eigenvalue weighted by Gasteiger charge is -2.10. The molecule has 0 aliphatic heterocycles. The minimum atomic E-state index is 0.562. The van der Waals surface area contributed by atoms with Crippen LogP contribution in [-0.2, 0) is 13.0 Å². The second-order valence-corrected chi connectivity index (χ2v) is 4.28. The lowest BCUT2D eigenvalue weighted by Crippen LogP contribution is -2.07. The van der Waals surface area contributed by atoms with Crippen LogP contribution in [0.2, 0.25) is 0 Å². The van der Waals surface area contributed by atoms with Gasteiger partial charge in [0.25, 0.3) is 0 Å². The molecule has 0 spiro atoms. The van der Waals surface area contributed by atoms with Crippen LogP contribution in [0.1, 0.15) is 31.7 Å². The second-order valence-electron chi connectivity index (χ2n) is 4.28. The molecule has 0 saturated carbocycles. The van der Waals surface area contributed by atoms with Crippen LogP contribution in [0.15, 0.2) is 12.3 Å². The summed E-state index contributed by atoms with van der Waals surface area (Å²) in [4.78, 5) is 8.95. The topological polar surface area (TPSA) is 69.6 Å². The number of nitrogen functional groups attached to an aromatic ring is 1. The highest BCUT2D eigenvalue weighted by Gasteiger charge is 2.13. The molecule has 0 amide bonds. The Bertz CT molecular complexity index is 544. The number of hydrogen-bond acceptors (Lipinski definition) is 4. The van der Waals surface area contributed by atoms with Crippen molar-refractivity contribution >= 4 is 5.82 Å². The Morgan fingerprint density at radius 1 is 1.28 bits per heavy atom. The molecule has 5 heteroatoms. The molecule has 0 radical (unpaired) electrons. The summed E-state index contributed by atoms with van der Waals surface area (Å²) in [6.07, 6.45) is 3.64. The van der Waals surface area contributed by atoms with Gasteiger partial charge in [0.15, 0.2) is 0 Å². The van der Waals surface area contributed by atoms with E-state index < -0.39 is 0 Å². The molecule has 0 saturated heterocycles. The van der Waals surface area contributed by atoms with Crippen molar-refractivity contribution in [1.29, 1.82) is 0 Å². The molecule has 2 N–H and O–H groups in total. The average molecular weight is 245 g/mol. The number of nitrogens with two attached hydrogens (primary N) is 1. The third-order valence-electron chi connectivity index (χ3n) is 2.96. The number of aryl methyl sites for hydroxylation is 2. The van der Waals surface area contributed by atoms with Crippen LogP contribution in [-0.4, -0.2) is 19.7 Å². The van der Waals surface area contributed by atoms with Gasteiger partial charge >= 0.3 is 0 Å². The van der Waals surface area contributed by atoms with E-state index in [9.17, 15) is 0 Å². The zero-order valence-electron chi connectivity index (χ0n) is 11.1. The summed E-state index contributed by atoms with van der Waals surface area (Å²) in [5.74, 6) is 1.37. The van der Waals surface area contributed by atoms with Crippen molar-refractivity contribution in [3.63, 3.8) is 0 Å². The highest BCUT2D eigenvalue weighted by atomic mass is 15.3. The summed E-state index contributed by atoms with van der Waals surface area (Å²) in [7, 11) is 0. The maximum atomic E-state index is 5.97. The maximum Gasteiger partial charge on any atom is 0.131 e. The second kappa shape index (κ2) is 5.16. The number of aromatic nitrogens is 4. The van der Waals surface area contributed by atoms with Crippen LogP contribution in [0.5, 0.6) is 0 Å². The van der Waals surface area contributed by atoms with E-state index in [2.05, 4.69) is 28.9 Å². The fraction of sp³-hybridized carbons (Fsp3) is 0.462. The Kier molecular flexibility index (Phi) is 3.60. The van der Waals surface area contributed by atoms with Crippen LogP contribution in [0.4, 0.5) is 5.82 Å². The number of hydrogen-bond donors (Lipinski definition) is 1. The van der Waals surface area contributed by atoms with Crippen LogP contribution >= 0.6 is 0 Å². The predicted molar refractivity (Wildman–Crippen MR) is 72.1 cm³/mol. The molecule has 2 aromatic rings. The molecule has 96 valence electrons. The quantitative estimate of drug-likeness (QED) is 0.896. The fourth-order valence-electron chi connectivity index (χ4n) is 1.95. The third kappa shape index (κ3) is 2.20. The monoisotopic (exact) mass is 245 g/mol. The normalized spacial score (nSPS) is 10.8. The molecular weight excluding hydrogens is 226 g/mol. The van der Waals surface area contributed by atoms with E-state index in [4.69, 9.17) is 5.73 Å². The first-order valence-corrected chi connectivity index (χ1v) is 6.32. The van der Waals surface area contributed by atoms with E-state index in [1.165, 1.54) is 0 Å². The Labute approximate surface area is 107 Å². The first kappa shape index (κ1) is 12.5. The molecule has 2 aromatic heterocycles. The molecule has 0 aliphatic carbocycles. The minimum absolute atomic E-state index is 0.562. The molecule has 2 heterocycles. The Balaban J connectivity index is 2.55. The summed E-state index contributed by atoms with van der Waals surface area (Å²) in [6, 6.07) is 1.97. The van der Waals surface area contributed by atoms with Gasteiger partial charge in [-0.15, -0.1) is 0 Å². The molecular formula is C13H19N5. The molecule has 18 heavy (non-hydrogen) atoms. The van der Waals surface area contributed by atoms with Crippen molar-refractivity contribution in [2.45, 2.75) is 40.2 Å². The van der Waals surface area contributed by atoms with Crippen molar-refractivity contribution < 1.29 is 0 Å². The summed E-state index contributed by atoms with van der Waals surface area (Å²) in [6.45, 7) is 6.93. The zero-order valence-corrected chi connectivity index (χ0v) is 11.1. The van der Waals surface area contributed by atoms with Gasteiger partial charge < -0.3 is 5.73 Å². The van der Waals surface area contributed by atoms with Gasteiger partial charge in [0, 0.05) is 24.7 Å². The minimum Gasteiger partial charge on any atom is -0.383 e. The largest absolute Gasteiger partial charge is 0.383 e. The summed E-state index contributed by atoms with van der Waals surface area (Å²) >= 11 is 0. The Morgan fingerprint density at radius 2 is 2.06 bits per heavy atom. The van der Waals surface area contributed by atoms with Crippen molar-refractivity contribution in [3.8, 4) is 11.4 Å².